The molecule has 106 valence electrons. The van der Waals surface area contributed by atoms with E-state index in [1.54, 1.807) is 23.9 Å². The van der Waals surface area contributed by atoms with Crippen LogP contribution in [0.3, 0.4) is 0 Å². The number of aryl methyl sites for hydroxylation is 1. The molecule has 0 saturated heterocycles. The Morgan fingerprint density at radius 2 is 1.95 bits per heavy atom. The molecule has 0 saturated carbocycles. The number of phenols is 1. The van der Waals surface area contributed by atoms with E-state index in [4.69, 9.17) is 4.52 Å². The van der Waals surface area contributed by atoms with Gasteiger partial charge in [-0.3, -0.25) is 0 Å². The van der Waals surface area contributed by atoms with Crippen molar-refractivity contribution in [1.29, 1.82) is 0 Å². The smallest absolute Gasteiger partial charge is 0.257 e. The summed E-state index contributed by atoms with van der Waals surface area (Å²) in [5, 5.41) is 13.2. The molecule has 0 bridgehead atoms. The van der Waals surface area contributed by atoms with E-state index in [1.807, 2.05) is 43.3 Å². The molecule has 0 aliphatic rings. The van der Waals surface area contributed by atoms with Crippen LogP contribution in [-0.2, 0) is 5.75 Å². The van der Waals surface area contributed by atoms with Crippen LogP contribution in [-0.4, -0.2) is 15.2 Å². The predicted octanol–water partition coefficient (Wildman–Crippen LogP) is 4.04. The van der Waals surface area contributed by atoms with Crippen molar-refractivity contribution in [2.45, 2.75) is 17.6 Å². The molecule has 21 heavy (non-hydrogen) atoms. The second kappa shape index (κ2) is 6.01. The molecule has 0 spiro atoms. The summed E-state index contributed by atoms with van der Waals surface area (Å²) in [5.41, 5.74) is 2.09. The zero-order chi connectivity index (χ0) is 14.7. The number of nitrogens with zero attached hydrogens (tertiary/aromatic N) is 2. The lowest BCUT2D eigenvalue weighted by Gasteiger charge is -1.98. The van der Waals surface area contributed by atoms with E-state index in [1.165, 1.54) is 0 Å². The monoisotopic (exact) mass is 298 g/mol. The van der Waals surface area contributed by atoms with Gasteiger partial charge >= 0.3 is 0 Å². The highest BCUT2D eigenvalue weighted by Crippen LogP contribution is 2.25. The van der Waals surface area contributed by atoms with Gasteiger partial charge in [-0.1, -0.05) is 22.9 Å². The average molecular weight is 298 g/mol. The van der Waals surface area contributed by atoms with Crippen molar-refractivity contribution in [1.82, 2.24) is 10.1 Å². The number of benzene rings is 2. The Morgan fingerprint density at radius 3 is 2.71 bits per heavy atom. The van der Waals surface area contributed by atoms with E-state index in [9.17, 15) is 5.11 Å². The Bertz CT molecular complexity index is 738. The van der Waals surface area contributed by atoms with Crippen molar-refractivity contribution in [3.05, 3.63) is 59.9 Å². The first kappa shape index (κ1) is 13.7. The Hall–Kier alpha value is -2.27. The minimum atomic E-state index is 0.264. The second-order valence-corrected chi connectivity index (χ2v) is 5.72. The summed E-state index contributed by atoms with van der Waals surface area (Å²) in [7, 11) is 0. The van der Waals surface area contributed by atoms with E-state index in [-0.39, 0.29) is 5.75 Å². The number of thioether (sulfide) groups is 1. The maximum Gasteiger partial charge on any atom is 0.257 e. The van der Waals surface area contributed by atoms with Crippen LogP contribution in [0.25, 0.3) is 11.5 Å². The molecule has 0 atom stereocenters. The number of rotatable bonds is 4. The molecule has 5 heteroatoms. The molecule has 1 aromatic heterocycles. The molecule has 0 radical (unpaired) electrons. The molecule has 1 heterocycles. The number of hydrogen-bond acceptors (Lipinski definition) is 5. The summed E-state index contributed by atoms with van der Waals surface area (Å²) in [6.45, 7) is 2.03. The van der Waals surface area contributed by atoms with Crippen LogP contribution >= 0.6 is 11.8 Å². The summed E-state index contributed by atoms with van der Waals surface area (Å²) in [6.07, 6.45) is 0. The van der Waals surface area contributed by atoms with Crippen LogP contribution in [0.1, 0.15) is 11.4 Å². The highest BCUT2D eigenvalue weighted by Gasteiger charge is 2.09. The molecule has 3 rings (SSSR count). The predicted molar refractivity (Wildman–Crippen MR) is 82.1 cm³/mol. The van der Waals surface area contributed by atoms with Gasteiger partial charge < -0.3 is 9.63 Å². The molecule has 0 aliphatic heterocycles. The first-order chi connectivity index (χ1) is 10.2. The molecule has 4 nitrogen and oxygen atoms in total. The summed E-state index contributed by atoms with van der Waals surface area (Å²) in [4.78, 5) is 5.46. The fourth-order valence-electron chi connectivity index (χ4n) is 1.90. The minimum Gasteiger partial charge on any atom is -0.508 e. The lowest BCUT2D eigenvalue weighted by Crippen LogP contribution is -1.84. The first-order valence-electron chi connectivity index (χ1n) is 6.52. The molecule has 0 aliphatic carbocycles. The first-order valence-corrected chi connectivity index (χ1v) is 7.51. The highest BCUT2D eigenvalue weighted by molar-refractivity contribution is 7.98. The van der Waals surface area contributed by atoms with Gasteiger partial charge in [-0.05, 0) is 43.3 Å². The van der Waals surface area contributed by atoms with Crippen molar-refractivity contribution < 1.29 is 9.63 Å². The minimum absolute atomic E-state index is 0.264. The van der Waals surface area contributed by atoms with E-state index < -0.39 is 0 Å². The molecule has 2 aromatic carbocycles. The van der Waals surface area contributed by atoms with Crippen LogP contribution in [0.4, 0.5) is 0 Å². The fraction of sp³-hybridized carbons (Fsp3) is 0.125. The molecule has 1 N–H and O–H groups in total. The van der Waals surface area contributed by atoms with Crippen molar-refractivity contribution in [3.8, 4) is 17.2 Å². The zero-order valence-corrected chi connectivity index (χ0v) is 12.3. The summed E-state index contributed by atoms with van der Waals surface area (Å²) >= 11 is 1.60. The highest BCUT2D eigenvalue weighted by atomic mass is 32.2. The molecule has 0 fully saturated rings. The SMILES string of the molecule is Cc1cccc(-c2nc(CSc3ccc(O)cc3)no2)c1. The Kier molecular flexibility index (Phi) is 3.92. The second-order valence-electron chi connectivity index (χ2n) is 4.67. The van der Waals surface area contributed by atoms with Gasteiger partial charge in [-0.15, -0.1) is 11.8 Å². The van der Waals surface area contributed by atoms with Crippen LogP contribution in [0.15, 0.2) is 57.9 Å². The third-order valence-electron chi connectivity index (χ3n) is 2.94. The van der Waals surface area contributed by atoms with E-state index in [0.29, 0.717) is 17.5 Å². The largest absolute Gasteiger partial charge is 0.508 e. The standard InChI is InChI=1S/C16H14N2O2S/c1-11-3-2-4-12(9-11)16-17-15(18-20-16)10-21-14-7-5-13(19)6-8-14/h2-9,19H,10H2,1H3. The molecular formula is C16H14N2O2S. The topological polar surface area (TPSA) is 59.2 Å². The third kappa shape index (κ3) is 3.44. The Balaban J connectivity index is 1.69. The maximum atomic E-state index is 9.24. The van der Waals surface area contributed by atoms with Gasteiger partial charge in [0.2, 0.25) is 0 Å². The van der Waals surface area contributed by atoms with Crippen LogP contribution in [0.2, 0.25) is 0 Å². The van der Waals surface area contributed by atoms with Gasteiger partial charge in [0.1, 0.15) is 5.75 Å². The van der Waals surface area contributed by atoms with Gasteiger partial charge in [-0.2, -0.15) is 4.98 Å². The van der Waals surface area contributed by atoms with E-state index >= 15 is 0 Å². The van der Waals surface area contributed by atoms with E-state index in [2.05, 4.69) is 10.1 Å². The summed E-state index contributed by atoms with van der Waals surface area (Å²) in [5.74, 6) is 2.09. The molecule has 0 amide bonds. The van der Waals surface area contributed by atoms with Gasteiger partial charge in [0.25, 0.3) is 5.89 Å². The number of aromatic nitrogens is 2. The van der Waals surface area contributed by atoms with Crippen LogP contribution in [0, 0.1) is 6.92 Å². The third-order valence-corrected chi connectivity index (χ3v) is 3.95. The zero-order valence-electron chi connectivity index (χ0n) is 11.5. The number of phenolic OH excluding ortho intramolecular Hbond substituents is 1. The van der Waals surface area contributed by atoms with Crippen LogP contribution in [0.5, 0.6) is 5.75 Å². The van der Waals surface area contributed by atoms with Crippen molar-refractivity contribution >= 4 is 11.8 Å². The van der Waals surface area contributed by atoms with Crippen molar-refractivity contribution in [2.75, 3.05) is 0 Å². The maximum absolute atomic E-state index is 9.24. The summed E-state index contributed by atoms with van der Waals surface area (Å²) < 4.78 is 5.30. The number of hydrogen-bond donors (Lipinski definition) is 1. The molecule has 3 aromatic rings. The van der Waals surface area contributed by atoms with Gasteiger partial charge in [0.05, 0.1) is 5.75 Å². The molecular weight excluding hydrogens is 284 g/mol. The Morgan fingerprint density at radius 1 is 1.14 bits per heavy atom. The Labute approximate surface area is 126 Å². The lowest BCUT2D eigenvalue weighted by molar-refractivity contribution is 0.425. The van der Waals surface area contributed by atoms with E-state index in [0.717, 1.165) is 16.0 Å². The van der Waals surface area contributed by atoms with Crippen molar-refractivity contribution in [3.63, 3.8) is 0 Å². The van der Waals surface area contributed by atoms with Crippen LogP contribution < -0.4 is 0 Å². The average Bonchev–Trinajstić information content (AvgIpc) is 2.96. The van der Waals surface area contributed by atoms with Gasteiger partial charge in [0.15, 0.2) is 5.82 Å². The van der Waals surface area contributed by atoms with Gasteiger partial charge in [0, 0.05) is 10.5 Å². The normalized spacial score (nSPS) is 10.7. The van der Waals surface area contributed by atoms with Gasteiger partial charge in [-0.25, -0.2) is 0 Å². The quantitative estimate of drug-likeness (QED) is 0.736. The lowest BCUT2D eigenvalue weighted by atomic mass is 10.1. The molecule has 0 unspecified atom stereocenters. The number of aromatic hydroxyl groups is 1. The fourth-order valence-corrected chi connectivity index (χ4v) is 2.64. The van der Waals surface area contributed by atoms with Crippen molar-refractivity contribution in [2.24, 2.45) is 0 Å². The summed E-state index contributed by atoms with van der Waals surface area (Å²) in [6, 6.07) is 15.0.